The van der Waals surface area contributed by atoms with Gasteiger partial charge >= 0.3 is 5.97 Å². The summed E-state index contributed by atoms with van der Waals surface area (Å²) in [4.78, 5) is 17.1. The predicted octanol–water partition coefficient (Wildman–Crippen LogP) is 3.18. The Balaban J connectivity index is 2.24. The van der Waals surface area contributed by atoms with E-state index >= 15 is 0 Å². The van der Waals surface area contributed by atoms with Gasteiger partial charge in [0.25, 0.3) is 0 Å². The van der Waals surface area contributed by atoms with E-state index in [1.54, 1.807) is 24.5 Å². The van der Waals surface area contributed by atoms with E-state index in [4.69, 9.17) is 5.11 Å². The van der Waals surface area contributed by atoms with Crippen LogP contribution in [0.1, 0.15) is 15.9 Å². The largest absolute Gasteiger partial charge is 0.478 e. The highest BCUT2D eigenvalue weighted by atomic mass is 79.9. The highest BCUT2D eigenvalue weighted by Crippen LogP contribution is 2.23. The SMILES string of the molecule is CN(Cc1cccnc1)c1cc(Br)cc(C(=O)O)c1. The third kappa shape index (κ3) is 3.54. The van der Waals surface area contributed by atoms with Gasteiger partial charge in [-0.25, -0.2) is 4.79 Å². The van der Waals surface area contributed by atoms with E-state index in [0.717, 1.165) is 15.7 Å². The van der Waals surface area contributed by atoms with Crippen LogP contribution in [0.2, 0.25) is 0 Å². The molecule has 1 N–H and O–H groups in total. The minimum Gasteiger partial charge on any atom is -0.478 e. The van der Waals surface area contributed by atoms with Crippen molar-refractivity contribution in [3.63, 3.8) is 0 Å². The first-order valence-corrected chi connectivity index (χ1v) is 6.49. The van der Waals surface area contributed by atoms with Crippen LogP contribution in [0.15, 0.2) is 47.2 Å². The van der Waals surface area contributed by atoms with Crippen molar-refractivity contribution >= 4 is 27.6 Å². The Hall–Kier alpha value is -1.88. The molecule has 1 heterocycles. The third-order valence-electron chi connectivity index (χ3n) is 2.71. The first-order valence-electron chi connectivity index (χ1n) is 5.70. The molecule has 19 heavy (non-hydrogen) atoms. The number of anilines is 1. The molecule has 0 saturated carbocycles. The molecule has 98 valence electrons. The van der Waals surface area contributed by atoms with Gasteiger partial charge in [-0.05, 0) is 29.8 Å². The van der Waals surface area contributed by atoms with Crippen molar-refractivity contribution in [3.8, 4) is 0 Å². The molecular weight excluding hydrogens is 308 g/mol. The van der Waals surface area contributed by atoms with Crippen molar-refractivity contribution < 1.29 is 9.90 Å². The Kier molecular flexibility index (Phi) is 4.16. The summed E-state index contributed by atoms with van der Waals surface area (Å²) in [5, 5.41) is 9.06. The molecule has 2 rings (SSSR count). The third-order valence-corrected chi connectivity index (χ3v) is 3.17. The average molecular weight is 321 g/mol. The Bertz CT molecular complexity index is 587. The number of pyridine rings is 1. The van der Waals surface area contributed by atoms with Gasteiger partial charge in [0.05, 0.1) is 5.56 Å². The van der Waals surface area contributed by atoms with E-state index in [-0.39, 0.29) is 5.56 Å². The molecule has 0 radical (unpaired) electrons. The van der Waals surface area contributed by atoms with E-state index in [9.17, 15) is 4.79 Å². The second-order valence-corrected chi connectivity index (χ2v) is 5.14. The second kappa shape index (κ2) is 5.84. The van der Waals surface area contributed by atoms with Crippen molar-refractivity contribution in [1.29, 1.82) is 0 Å². The molecule has 0 aliphatic carbocycles. The van der Waals surface area contributed by atoms with E-state index in [1.807, 2.05) is 30.1 Å². The summed E-state index contributed by atoms with van der Waals surface area (Å²) in [6.07, 6.45) is 3.53. The molecule has 0 aliphatic heterocycles. The standard InChI is InChI=1S/C14H13BrN2O2/c1-17(9-10-3-2-4-16-8-10)13-6-11(14(18)19)5-12(15)7-13/h2-8H,9H2,1H3,(H,18,19). The Labute approximate surface area is 119 Å². The molecule has 0 fully saturated rings. The van der Waals surface area contributed by atoms with Gasteiger partial charge in [-0.1, -0.05) is 22.0 Å². The minimum atomic E-state index is -0.933. The summed E-state index contributed by atoms with van der Waals surface area (Å²) in [6.45, 7) is 0.670. The number of aromatic carboxylic acids is 1. The molecule has 0 bridgehead atoms. The van der Waals surface area contributed by atoms with Crippen LogP contribution in [0.25, 0.3) is 0 Å². The van der Waals surface area contributed by atoms with Gasteiger partial charge in [0.2, 0.25) is 0 Å². The number of nitrogens with zero attached hydrogens (tertiary/aromatic N) is 2. The lowest BCUT2D eigenvalue weighted by molar-refractivity contribution is 0.0697. The first-order chi connectivity index (χ1) is 9.06. The van der Waals surface area contributed by atoms with Crippen molar-refractivity contribution in [1.82, 2.24) is 4.98 Å². The van der Waals surface area contributed by atoms with Crippen LogP contribution >= 0.6 is 15.9 Å². The number of benzene rings is 1. The molecule has 0 amide bonds. The Morgan fingerprint density at radius 3 is 2.84 bits per heavy atom. The maximum Gasteiger partial charge on any atom is 0.335 e. The number of rotatable bonds is 4. The maximum absolute atomic E-state index is 11.0. The van der Waals surface area contributed by atoms with Gasteiger partial charge in [-0.15, -0.1) is 0 Å². The lowest BCUT2D eigenvalue weighted by Gasteiger charge is -2.20. The zero-order valence-corrected chi connectivity index (χ0v) is 12.0. The van der Waals surface area contributed by atoms with Crippen LogP contribution in [-0.2, 0) is 6.54 Å². The van der Waals surface area contributed by atoms with Crippen molar-refractivity contribution in [2.75, 3.05) is 11.9 Å². The minimum absolute atomic E-state index is 0.266. The Morgan fingerprint density at radius 2 is 2.21 bits per heavy atom. The van der Waals surface area contributed by atoms with Gasteiger partial charge in [0.15, 0.2) is 0 Å². The summed E-state index contributed by atoms with van der Waals surface area (Å²) >= 11 is 3.33. The normalized spacial score (nSPS) is 10.2. The molecule has 0 aliphatic rings. The second-order valence-electron chi connectivity index (χ2n) is 4.22. The molecule has 0 atom stereocenters. The van der Waals surface area contributed by atoms with Crippen LogP contribution in [-0.4, -0.2) is 23.1 Å². The zero-order chi connectivity index (χ0) is 13.8. The van der Waals surface area contributed by atoms with E-state index in [1.165, 1.54) is 0 Å². The van der Waals surface area contributed by atoms with E-state index < -0.39 is 5.97 Å². The van der Waals surface area contributed by atoms with Crippen LogP contribution in [0.5, 0.6) is 0 Å². The van der Waals surface area contributed by atoms with Gasteiger partial charge in [-0.2, -0.15) is 0 Å². The smallest absolute Gasteiger partial charge is 0.335 e. The first kappa shape index (κ1) is 13.5. The van der Waals surface area contributed by atoms with Gasteiger partial charge in [-0.3, -0.25) is 4.98 Å². The molecular formula is C14H13BrN2O2. The molecule has 0 spiro atoms. The topological polar surface area (TPSA) is 53.4 Å². The molecule has 2 aromatic rings. The number of hydrogen-bond donors (Lipinski definition) is 1. The van der Waals surface area contributed by atoms with Crippen LogP contribution in [0.3, 0.4) is 0 Å². The fourth-order valence-corrected chi connectivity index (χ4v) is 2.26. The fourth-order valence-electron chi connectivity index (χ4n) is 1.77. The van der Waals surface area contributed by atoms with Crippen LogP contribution < -0.4 is 4.90 Å². The van der Waals surface area contributed by atoms with Crippen LogP contribution in [0, 0.1) is 0 Å². The summed E-state index contributed by atoms with van der Waals surface area (Å²) in [7, 11) is 1.92. The summed E-state index contributed by atoms with van der Waals surface area (Å²) < 4.78 is 0.750. The number of carbonyl (C=O) groups is 1. The molecule has 0 unspecified atom stereocenters. The number of carboxylic acid groups (broad SMARTS) is 1. The average Bonchev–Trinajstić information content (AvgIpc) is 2.39. The van der Waals surface area contributed by atoms with E-state index in [0.29, 0.717) is 6.54 Å². The van der Waals surface area contributed by atoms with Gasteiger partial charge < -0.3 is 10.0 Å². The number of carboxylic acids is 1. The molecule has 1 aromatic carbocycles. The molecule has 5 heteroatoms. The number of hydrogen-bond acceptors (Lipinski definition) is 3. The molecule has 0 saturated heterocycles. The highest BCUT2D eigenvalue weighted by Gasteiger charge is 2.09. The Morgan fingerprint density at radius 1 is 1.42 bits per heavy atom. The maximum atomic E-state index is 11.0. The number of aromatic nitrogens is 1. The molecule has 4 nitrogen and oxygen atoms in total. The molecule has 1 aromatic heterocycles. The summed E-state index contributed by atoms with van der Waals surface area (Å²) in [6, 6.07) is 9.00. The van der Waals surface area contributed by atoms with Gasteiger partial charge in [0, 0.05) is 36.1 Å². The monoisotopic (exact) mass is 320 g/mol. The predicted molar refractivity (Wildman–Crippen MR) is 77.4 cm³/mol. The summed E-state index contributed by atoms with van der Waals surface area (Å²) in [5.41, 5.74) is 2.18. The van der Waals surface area contributed by atoms with Crippen molar-refractivity contribution in [3.05, 3.63) is 58.3 Å². The van der Waals surface area contributed by atoms with Crippen molar-refractivity contribution in [2.24, 2.45) is 0 Å². The van der Waals surface area contributed by atoms with E-state index in [2.05, 4.69) is 20.9 Å². The quantitative estimate of drug-likeness (QED) is 0.940. The van der Waals surface area contributed by atoms with Crippen molar-refractivity contribution in [2.45, 2.75) is 6.54 Å². The fraction of sp³-hybridized carbons (Fsp3) is 0.143. The summed E-state index contributed by atoms with van der Waals surface area (Å²) in [5.74, 6) is -0.933. The zero-order valence-electron chi connectivity index (χ0n) is 10.4. The lowest BCUT2D eigenvalue weighted by Crippen LogP contribution is -2.17. The lowest BCUT2D eigenvalue weighted by atomic mass is 10.2. The highest BCUT2D eigenvalue weighted by molar-refractivity contribution is 9.10. The van der Waals surface area contributed by atoms with Gasteiger partial charge in [0.1, 0.15) is 0 Å². The van der Waals surface area contributed by atoms with Crippen LogP contribution in [0.4, 0.5) is 5.69 Å². The number of halogens is 1.